The minimum atomic E-state index is -0.472. The fraction of sp³-hybridized carbons (Fsp3) is 0.211. The lowest BCUT2D eigenvalue weighted by molar-refractivity contribution is 0.0516. The summed E-state index contributed by atoms with van der Waals surface area (Å²) in [4.78, 5) is 32.1. The Balaban J connectivity index is 1.87. The van der Waals surface area contributed by atoms with Gasteiger partial charge in [0.25, 0.3) is 5.91 Å². The summed E-state index contributed by atoms with van der Waals surface area (Å²) >= 11 is 1.63. The molecule has 1 aliphatic rings. The number of hydrogen-bond acceptors (Lipinski definition) is 5. The van der Waals surface area contributed by atoms with Crippen molar-refractivity contribution in [2.24, 2.45) is 0 Å². The molecule has 7 heteroatoms. The van der Waals surface area contributed by atoms with Crippen LogP contribution in [0.4, 0.5) is 0 Å². The molecule has 0 bridgehead atoms. The lowest BCUT2D eigenvalue weighted by Gasteiger charge is -2.14. The third-order valence-corrected chi connectivity index (χ3v) is 5.28. The zero-order valence-electron chi connectivity index (χ0n) is 14.4. The summed E-state index contributed by atoms with van der Waals surface area (Å²) in [6.45, 7) is 2.32. The molecule has 0 atom stereocenters. The third kappa shape index (κ3) is 2.61. The smallest absolute Gasteiger partial charge is 0.358 e. The molecular weight excluding hydrogens is 350 g/mol. The molecule has 0 aliphatic carbocycles. The Morgan fingerprint density at radius 2 is 2.19 bits per heavy atom. The number of aromatic nitrogens is 2. The molecule has 3 aromatic rings. The first-order valence-electron chi connectivity index (χ1n) is 8.27. The van der Waals surface area contributed by atoms with Crippen LogP contribution in [0.3, 0.4) is 0 Å². The lowest BCUT2D eigenvalue weighted by Crippen LogP contribution is -2.26. The van der Waals surface area contributed by atoms with Crippen molar-refractivity contribution in [1.82, 2.24) is 14.5 Å². The molecule has 1 aliphatic heterocycles. The van der Waals surface area contributed by atoms with Crippen LogP contribution in [-0.4, -0.2) is 40.0 Å². The minimum absolute atomic E-state index is 0.0862. The van der Waals surface area contributed by atoms with E-state index in [4.69, 9.17) is 4.74 Å². The van der Waals surface area contributed by atoms with E-state index in [1.807, 2.05) is 35.7 Å². The number of carbonyl (C=O) groups is 2. The van der Waals surface area contributed by atoms with Gasteiger partial charge in [-0.05, 0) is 36.1 Å². The van der Waals surface area contributed by atoms with Crippen LogP contribution in [0.2, 0.25) is 0 Å². The fourth-order valence-corrected chi connectivity index (χ4v) is 3.84. The predicted molar refractivity (Wildman–Crippen MR) is 98.6 cm³/mol. The molecule has 26 heavy (non-hydrogen) atoms. The number of amides is 1. The van der Waals surface area contributed by atoms with Gasteiger partial charge in [0.15, 0.2) is 5.69 Å². The molecule has 0 N–H and O–H groups in total. The Bertz CT molecular complexity index is 992. The average molecular weight is 367 g/mol. The van der Waals surface area contributed by atoms with E-state index < -0.39 is 5.97 Å². The molecule has 0 radical (unpaired) electrons. The fourth-order valence-electron chi connectivity index (χ4n) is 3.12. The first-order valence-corrected chi connectivity index (χ1v) is 9.15. The first kappa shape index (κ1) is 16.5. The van der Waals surface area contributed by atoms with Crippen molar-refractivity contribution >= 4 is 23.2 Å². The van der Waals surface area contributed by atoms with Crippen molar-refractivity contribution in [2.45, 2.75) is 13.5 Å². The van der Waals surface area contributed by atoms with Crippen LogP contribution < -0.4 is 0 Å². The van der Waals surface area contributed by atoms with Crippen LogP contribution >= 0.6 is 11.3 Å². The summed E-state index contributed by atoms with van der Waals surface area (Å²) in [5, 5.41) is 2.01. The van der Waals surface area contributed by atoms with Crippen LogP contribution in [0.5, 0.6) is 0 Å². The van der Waals surface area contributed by atoms with Gasteiger partial charge in [0, 0.05) is 11.9 Å². The molecule has 0 saturated heterocycles. The Morgan fingerprint density at radius 3 is 2.92 bits per heavy atom. The number of carbonyl (C=O) groups excluding carboxylic acids is 2. The second kappa shape index (κ2) is 6.42. The monoisotopic (exact) mass is 367 g/mol. The summed E-state index contributed by atoms with van der Waals surface area (Å²) in [6, 6.07) is 9.80. The van der Waals surface area contributed by atoms with Crippen molar-refractivity contribution in [2.75, 3.05) is 13.7 Å². The Kier molecular flexibility index (Phi) is 4.08. The summed E-state index contributed by atoms with van der Waals surface area (Å²) < 4.78 is 6.90. The molecule has 3 heterocycles. The Hall–Kier alpha value is -2.93. The number of fused-ring (bicyclic) bond motifs is 3. The van der Waals surface area contributed by atoms with Gasteiger partial charge in [0.1, 0.15) is 6.33 Å². The van der Waals surface area contributed by atoms with Crippen molar-refractivity contribution in [3.63, 3.8) is 0 Å². The van der Waals surface area contributed by atoms with Gasteiger partial charge in [-0.1, -0.05) is 12.1 Å². The van der Waals surface area contributed by atoms with Gasteiger partial charge in [-0.3, -0.25) is 9.36 Å². The summed E-state index contributed by atoms with van der Waals surface area (Å²) in [5.74, 6) is -0.558. The molecule has 132 valence electrons. The summed E-state index contributed by atoms with van der Waals surface area (Å²) in [6.07, 6.45) is 1.58. The first-order chi connectivity index (χ1) is 12.6. The van der Waals surface area contributed by atoms with E-state index in [9.17, 15) is 9.59 Å². The Labute approximate surface area is 154 Å². The molecule has 2 aromatic heterocycles. The maximum Gasteiger partial charge on any atom is 0.358 e. The van der Waals surface area contributed by atoms with Crippen molar-refractivity contribution in [3.8, 4) is 16.1 Å². The number of hydrogen-bond donors (Lipinski definition) is 0. The van der Waals surface area contributed by atoms with E-state index in [-0.39, 0.29) is 24.8 Å². The van der Waals surface area contributed by atoms with E-state index in [1.165, 1.54) is 0 Å². The van der Waals surface area contributed by atoms with Gasteiger partial charge in [-0.15, -0.1) is 11.3 Å². The van der Waals surface area contributed by atoms with Crippen LogP contribution in [0.25, 0.3) is 16.1 Å². The number of benzene rings is 1. The summed E-state index contributed by atoms with van der Waals surface area (Å²) in [5.41, 5.74) is 3.21. The number of rotatable bonds is 3. The van der Waals surface area contributed by atoms with Crippen LogP contribution in [0.1, 0.15) is 33.5 Å². The van der Waals surface area contributed by atoms with E-state index in [1.54, 1.807) is 41.1 Å². The SMILES string of the molecule is CCOC(=O)c1ncn2c1CN(C)C(=O)c1cc(-c3cccs3)ccc1-2. The van der Waals surface area contributed by atoms with Gasteiger partial charge in [0.2, 0.25) is 0 Å². The van der Waals surface area contributed by atoms with Gasteiger partial charge in [-0.2, -0.15) is 0 Å². The van der Waals surface area contributed by atoms with Gasteiger partial charge < -0.3 is 9.64 Å². The maximum atomic E-state index is 12.9. The number of esters is 1. The molecule has 0 fully saturated rings. The molecule has 0 spiro atoms. The minimum Gasteiger partial charge on any atom is -0.461 e. The number of nitrogens with zero attached hydrogens (tertiary/aromatic N) is 3. The van der Waals surface area contributed by atoms with E-state index >= 15 is 0 Å². The lowest BCUT2D eigenvalue weighted by atomic mass is 10.1. The van der Waals surface area contributed by atoms with E-state index in [0.29, 0.717) is 11.3 Å². The maximum absolute atomic E-state index is 12.9. The standard InChI is InChI=1S/C19H17N3O3S/c1-3-25-19(24)17-15-10-21(2)18(23)13-9-12(16-5-4-8-26-16)6-7-14(13)22(15)11-20-17/h4-9,11H,3,10H2,1-2H3. The summed E-state index contributed by atoms with van der Waals surface area (Å²) in [7, 11) is 1.72. The van der Waals surface area contributed by atoms with Gasteiger partial charge in [-0.25, -0.2) is 9.78 Å². The van der Waals surface area contributed by atoms with Crippen LogP contribution in [0, 0.1) is 0 Å². The molecule has 6 nitrogen and oxygen atoms in total. The third-order valence-electron chi connectivity index (χ3n) is 4.36. The number of imidazole rings is 1. The quantitative estimate of drug-likeness (QED) is 0.666. The largest absolute Gasteiger partial charge is 0.461 e. The highest BCUT2D eigenvalue weighted by Gasteiger charge is 2.29. The van der Waals surface area contributed by atoms with Crippen molar-refractivity contribution in [3.05, 3.63) is 59.0 Å². The number of thiophene rings is 1. The molecule has 0 unspecified atom stereocenters. The van der Waals surface area contributed by atoms with Gasteiger partial charge in [0.05, 0.1) is 30.1 Å². The molecule has 0 saturated carbocycles. The molecule has 4 rings (SSSR count). The van der Waals surface area contributed by atoms with E-state index in [0.717, 1.165) is 16.1 Å². The number of ether oxygens (including phenoxy) is 1. The highest BCUT2D eigenvalue weighted by atomic mass is 32.1. The topological polar surface area (TPSA) is 64.4 Å². The van der Waals surface area contributed by atoms with Crippen molar-refractivity contribution < 1.29 is 14.3 Å². The molecular formula is C19H17N3O3S. The average Bonchev–Trinajstić information content (AvgIpc) is 3.29. The predicted octanol–water partition coefficient (Wildman–Crippen LogP) is 3.36. The van der Waals surface area contributed by atoms with Crippen LogP contribution in [-0.2, 0) is 11.3 Å². The zero-order valence-corrected chi connectivity index (χ0v) is 15.2. The van der Waals surface area contributed by atoms with Crippen molar-refractivity contribution in [1.29, 1.82) is 0 Å². The second-order valence-electron chi connectivity index (χ2n) is 6.00. The van der Waals surface area contributed by atoms with E-state index in [2.05, 4.69) is 4.98 Å². The highest BCUT2D eigenvalue weighted by Crippen LogP contribution is 2.31. The Morgan fingerprint density at radius 1 is 1.35 bits per heavy atom. The second-order valence-corrected chi connectivity index (χ2v) is 6.95. The highest BCUT2D eigenvalue weighted by molar-refractivity contribution is 7.13. The zero-order chi connectivity index (χ0) is 18.3. The molecule has 1 amide bonds. The van der Waals surface area contributed by atoms with Crippen LogP contribution in [0.15, 0.2) is 42.0 Å². The van der Waals surface area contributed by atoms with Gasteiger partial charge >= 0.3 is 5.97 Å². The normalized spacial score (nSPS) is 13.2. The molecule has 1 aromatic carbocycles.